The molecule has 0 saturated carbocycles. The van der Waals surface area contributed by atoms with Crippen molar-refractivity contribution in [2.24, 2.45) is 0 Å². The highest BCUT2D eigenvalue weighted by Crippen LogP contribution is 2.29. The van der Waals surface area contributed by atoms with Crippen LogP contribution in [0.25, 0.3) is 21.5 Å². The molecule has 0 aliphatic heterocycles. The molecule has 0 aliphatic carbocycles. The van der Waals surface area contributed by atoms with Crippen LogP contribution in [-0.2, 0) is 15.9 Å². The van der Waals surface area contributed by atoms with E-state index in [-0.39, 0.29) is 5.82 Å². The number of hydrogen-bond donors (Lipinski definition) is 0. The van der Waals surface area contributed by atoms with Crippen LogP contribution >= 0.6 is 0 Å². The van der Waals surface area contributed by atoms with Crippen LogP contribution in [-0.4, -0.2) is 0 Å². The maximum absolute atomic E-state index is 13.9. The van der Waals surface area contributed by atoms with Crippen molar-refractivity contribution in [2.75, 3.05) is 0 Å². The summed E-state index contributed by atoms with van der Waals surface area (Å²) in [7, 11) is 0. The molecule has 0 aromatic heterocycles. The molecule has 0 saturated heterocycles. The van der Waals surface area contributed by atoms with Crippen molar-refractivity contribution in [3.05, 3.63) is 54.3 Å². The molecule has 82 valence electrons. The molecule has 3 aromatic carbocycles. The molecule has 0 amide bonds. The molecule has 3 heteroatoms. The summed E-state index contributed by atoms with van der Waals surface area (Å²) < 4.78 is 24.9. The maximum atomic E-state index is 13.9. The van der Waals surface area contributed by atoms with Crippen molar-refractivity contribution in [3.8, 4) is 0 Å². The first kappa shape index (κ1) is 10.3. The molecule has 0 spiro atoms. The summed E-state index contributed by atoms with van der Waals surface area (Å²) in [6.45, 7) is 0. The van der Waals surface area contributed by atoms with Crippen LogP contribution in [0, 0.1) is 5.82 Å². The van der Waals surface area contributed by atoms with Crippen molar-refractivity contribution in [1.29, 1.82) is 0 Å². The smallest absolute Gasteiger partial charge is 0.206 e. The van der Waals surface area contributed by atoms with E-state index < -0.39 is 0 Å². The summed E-state index contributed by atoms with van der Waals surface area (Å²) in [5.74, 6) is -0.283. The highest BCUT2D eigenvalue weighted by molar-refractivity contribution is 7.65. The Labute approximate surface area is 101 Å². The van der Waals surface area contributed by atoms with E-state index >= 15 is 0 Å². The van der Waals surface area contributed by atoms with Crippen LogP contribution in [0.3, 0.4) is 0 Å². The van der Waals surface area contributed by atoms with E-state index in [4.69, 9.17) is 0 Å². The normalized spacial score (nSPS) is 10.9. The molecule has 3 rings (SSSR count). The number of benzene rings is 3. The average Bonchev–Trinajstić information content (AvgIpc) is 2.39. The highest BCUT2D eigenvalue weighted by Gasteiger charge is 2.15. The Morgan fingerprint density at radius 1 is 0.824 bits per heavy atom. The third kappa shape index (κ3) is 1.51. The summed E-state index contributed by atoms with van der Waals surface area (Å²) in [6.07, 6.45) is 0. The minimum Gasteiger partial charge on any atom is -0.206 e. The molecule has 0 aliphatic rings. The molecule has 1 nitrogen and oxygen atoms in total. The van der Waals surface area contributed by atoms with Gasteiger partial charge in [-0.2, -0.15) is 0 Å². The highest BCUT2D eigenvalue weighted by atomic mass is 32.1. The second-order valence-corrected chi connectivity index (χ2v) is 4.45. The zero-order valence-electron chi connectivity index (χ0n) is 8.81. The average molecular weight is 243 g/mol. The second kappa shape index (κ2) is 3.86. The standard InChI is InChI=1S/C14H8FOS/c15-13-8-12-10(6-3-7-14(12)17-16)9-4-1-2-5-11(9)13/h1-8H/q+1. The molecule has 0 atom stereocenters. The van der Waals surface area contributed by atoms with Crippen molar-refractivity contribution >= 4 is 33.2 Å². The molecule has 0 heterocycles. The fraction of sp³-hybridized carbons (Fsp3) is 0. The van der Waals surface area contributed by atoms with E-state index in [9.17, 15) is 8.60 Å². The Kier molecular flexibility index (Phi) is 2.34. The molecular weight excluding hydrogens is 235 g/mol. The number of halogens is 1. The summed E-state index contributed by atoms with van der Waals surface area (Å²) in [5.41, 5.74) is 0. The first-order chi connectivity index (χ1) is 8.31. The van der Waals surface area contributed by atoms with Crippen molar-refractivity contribution in [3.63, 3.8) is 0 Å². The van der Waals surface area contributed by atoms with E-state index in [1.54, 1.807) is 12.1 Å². The zero-order valence-corrected chi connectivity index (χ0v) is 9.63. The topological polar surface area (TPSA) is 17.1 Å². The molecule has 0 bridgehead atoms. The molecule has 0 unspecified atom stereocenters. The van der Waals surface area contributed by atoms with Gasteiger partial charge in [0.25, 0.3) is 4.90 Å². The third-order valence-corrected chi connectivity index (χ3v) is 3.44. The van der Waals surface area contributed by atoms with Gasteiger partial charge in [-0.05, 0) is 16.8 Å². The van der Waals surface area contributed by atoms with Crippen molar-refractivity contribution in [1.82, 2.24) is 0 Å². The maximum Gasteiger partial charge on any atom is 0.505 e. The lowest BCUT2D eigenvalue weighted by Crippen LogP contribution is -1.85. The summed E-state index contributed by atoms with van der Waals surface area (Å²) in [6, 6.07) is 14.2. The zero-order chi connectivity index (χ0) is 11.8. The van der Waals surface area contributed by atoms with E-state index in [0.29, 0.717) is 27.3 Å². The van der Waals surface area contributed by atoms with E-state index in [2.05, 4.69) is 0 Å². The van der Waals surface area contributed by atoms with Crippen LogP contribution in [0.2, 0.25) is 0 Å². The lowest BCUT2D eigenvalue weighted by atomic mass is 10.0. The van der Waals surface area contributed by atoms with E-state index in [1.807, 2.05) is 30.3 Å². The molecule has 0 fully saturated rings. The Bertz CT molecular complexity index is 737. The van der Waals surface area contributed by atoms with Gasteiger partial charge in [0, 0.05) is 15.7 Å². The molecule has 0 N–H and O–H groups in total. The monoisotopic (exact) mass is 243 g/mol. The number of hydrogen-bond acceptors (Lipinski definition) is 1. The first-order valence-electron chi connectivity index (χ1n) is 5.21. The van der Waals surface area contributed by atoms with Gasteiger partial charge in [0.05, 0.1) is 5.39 Å². The molecule has 0 radical (unpaired) electrons. The lowest BCUT2D eigenvalue weighted by Gasteiger charge is -2.03. The Morgan fingerprint density at radius 3 is 2.24 bits per heavy atom. The molecule has 17 heavy (non-hydrogen) atoms. The predicted molar refractivity (Wildman–Crippen MR) is 67.7 cm³/mol. The molecule has 3 aromatic rings. The van der Waals surface area contributed by atoms with Gasteiger partial charge in [-0.1, -0.05) is 36.4 Å². The fourth-order valence-corrected chi connectivity index (χ4v) is 2.52. The molecular formula is C14H8FOS+. The van der Waals surface area contributed by atoms with Gasteiger partial charge in [-0.3, -0.25) is 0 Å². The quantitative estimate of drug-likeness (QED) is 0.467. The lowest BCUT2D eigenvalue weighted by molar-refractivity contribution is 0.605. The van der Waals surface area contributed by atoms with Crippen molar-refractivity contribution in [2.45, 2.75) is 4.90 Å². The van der Waals surface area contributed by atoms with Gasteiger partial charge >= 0.3 is 11.7 Å². The minimum absolute atomic E-state index is 0.283. The number of rotatable bonds is 1. The Hall–Kier alpha value is -1.87. The largest absolute Gasteiger partial charge is 0.505 e. The Morgan fingerprint density at radius 2 is 1.47 bits per heavy atom. The first-order valence-corrected chi connectivity index (χ1v) is 5.95. The van der Waals surface area contributed by atoms with Gasteiger partial charge in [-0.25, -0.2) is 4.39 Å². The fourth-order valence-electron chi connectivity index (χ4n) is 2.13. The van der Waals surface area contributed by atoms with Crippen LogP contribution in [0.4, 0.5) is 4.39 Å². The summed E-state index contributed by atoms with van der Waals surface area (Å²) >= 11 is 0.399. The van der Waals surface area contributed by atoms with Gasteiger partial charge in [0.2, 0.25) is 0 Å². The van der Waals surface area contributed by atoms with Crippen molar-refractivity contribution < 1.29 is 8.60 Å². The van der Waals surface area contributed by atoms with Crippen LogP contribution in [0.5, 0.6) is 0 Å². The van der Waals surface area contributed by atoms with E-state index in [1.165, 1.54) is 6.07 Å². The summed E-state index contributed by atoms with van der Waals surface area (Å²) in [5, 5.41) is 3.04. The van der Waals surface area contributed by atoms with Crippen LogP contribution in [0.1, 0.15) is 0 Å². The third-order valence-electron chi connectivity index (χ3n) is 2.90. The van der Waals surface area contributed by atoms with E-state index in [0.717, 1.165) is 10.8 Å². The minimum atomic E-state index is -0.283. The van der Waals surface area contributed by atoms with Gasteiger partial charge in [-0.15, -0.1) is 0 Å². The van der Waals surface area contributed by atoms with Gasteiger partial charge in [0.1, 0.15) is 5.82 Å². The van der Waals surface area contributed by atoms with Crippen LogP contribution < -0.4 is 0 Å². The van der Waals surface area contributed by atoms with Crippen LogP contribution in [0.15, 0.2) is 53.4 Å². The Balaban J connectivity index is 2.61. The SMILES string of the molecule is O=[S+]c1cccc2c1cc(F)c1ccccc12. The summed E-state index contributed by atoms with van der Waals surface area (Å²) in [4.78, 5) is 0.562. The second-order valence-electron chi connectivity index (χ2n) is 3.84. The van der Waals surface area contributed by atoms with Gasteiger partial charge < -0.3 is 0 Å². The van der Waals surface area contributed by atoms with Gasteiger partial charge in [0.15, 0.2) is 0 Å². The number of fused-ring (bicyclic) bond motifs is 3. The predicted octanol–water partition coefficient (Wildman–Crippen LogP) is 3.92.